The molecule has 0 aromatic carbocycles. The number of pyridine rings is 1. The van der Waals surface area contributed by atoms with Crippen molar-refractivity contribution in [2.24, 2.45) is 0 Å². The van der Waals surface area contributed by atoms with Crippen LogP contribution in [-0.2, 0) is 4.74 Å². The Morgan fingerprint density at radius 1 is 1.57 bits per heavy atom. The normalized spacial score (nSPS) is 10.4. The van der Waals surface area contributed by atoms with Crippen molar-refractivity contribution in [2.75, 3.05) is 7.11 Å². The Kier molecular flexibility index (Phi) is 1.92. The van der Waals surface area contributed by atoms with E-state index in [4.69, 9.17) is 0 Å². The van der Waals surface area contributed by atoms with Gasteiger partial charge in [-0.05, 0) is 6.07 Å². The van der Waals surface area contributed by atoms with Crippen molar-refractivity contribution in [1.29, 1.82) is 0 Å². The number of aromatic amines is 1. The monoisotopic (exact) mass is 194 g/mol. The lowest BCUT2D eigenvalue weighted by atomic mass is 10.3. The highest BCUT2D eigenvalue weighted by atomic mass is 19.1. The van der Waals surface area contributed by atoms with Crippen LogP contribution in [0, 0.1) is 5.82 Å². The van der Waals surface area contributed by atoms with E-state index in [1.807, 2.05) is 0 Å². The van der Waals surface area contributed by atoms with E-state index < -0.39 is 11.8 Å². The Labute approximate surface area is 78.7 Å². The van der Waals surface area contributed by atoms with E-state index in [0.717, 1.165) is 6.20 Å². The van der Waals surface area contributed by atoms with E-state index in [-0.39, 0.29) is 5.69 Å². The van der Waals surface area contributed by atoms with Crippen LogP contribution in [-0.4, -0.2) is 23.0 Å². The van der Waals surface area contributed by atoms with Crippen LogP contribution in [0.4, 0.5) is 4.39 Å². The molecule has 0 amide bonds. The van der Waals surface area contributed by atoms with Gasteiger partial charge in [0.05, 0.1) is 24.3 Å². The summed E-state index contributed by atoms with van der Waals surface area (Å²) in [5, 5.41) is 0. The van der Waals surface area contributed by atoms with E-state index in [0.29, 0.717) is 11.0 Å². The van der Waals surface area contributed by atoms with Gasteiger partial charge >= 0.3 is 5.97 Å². The van der Waals surface area contributed by atoms with Gasteiger partial charge < -0.3 is 9.72 Å². The first-order valence-electron chi connectivity index (χ1n) is 3.93. The average molecular weight is 194 g/mol. The van der Waals surface area contributed by atoms with Gasteiger partial charge in [0.2, 0.25) is 0 Å². The number of nitrogens with zero attached hydrogens (tertiary/aromatic N) is 1. The topological polar surface area (TPSA) is 55.0 Å². The molecule has 2 rings (SSSR count). The summed E-state index contributed by atoms with van der Waals surface area (Å²) < 4.78 is 17.2. The minimum absolute atomic E-state index is 0.264. The molecule has 1 N–H and O–H groups in total. The summed E-state index contributed by atoms with van der Waals surface area (Å²) in [6.07, 6.45) is 1.09. The number of ether oxygens (including phenoxy) is 1. The third kappa shape index (κ3) is 1.32. The largest absolute Gasteiger partial charge is 0.464 e. The van der Waals surface area contributed by atoms with Crippen LogP contribution < -0.4 is 0 Å². The zero-order chi connectivity index (χ0) is 10.1. The summed E-state index contributed by atoms with van der Waals surface area (Å²) >= 11 is 0. The molecule has 4 nitrogen and oxygen atoms in total. The van der Waals surface area contributed by atoms with Crippen LogP contribution >= 0.6 is 0 Å². The highest BCUT2D eigenvalue weighted by molar-refractivity contribution is 5.93. The molecule has 0 saturated carbocycles. The van der Waals surface area contributed by atoms with Gasteiger partial charge in [0.15, 0.2) is 0 Å². The molecule has 0 bridgehead atoms. The number of fused-ring (bicyclic) bond motifs is 1. The number of esters is 1. The van der Waals surface area contributed by atoms with Gasteiger partial charge in [-0.3, -0.25) is 4.98 Å². The molecule has 0 spiro atoms. The molecule has 0 saturated heterocycles. The number of rotatable bonds is 1. The summed E-state index contributed by atoms with van der Waals surface area (Å²) in [5.41, 5.74) is 1.28. The molecule has 0 fully saturated rings. The Morgan fingerprint density at radius 2 is 2.36 bits per heavy atom. The number of hydrogen-bond acceptors (Lipinski definition) is 3. The Morgan fingerprint density at radius 3 is 3.07 bits per heavy atom. The van der Waals surface area contributed by atoms with Crippen molar-refractivity contribution in [2.45, 2.75) is 0 Å². The quantitative estimate of drug-likeness (QED) is 0.699. The van der Waals surface area contributed by atoms with Crippen molar-refractivity contribution >= 4 is 17.0 Å². The number of carbonyl (C=O) groups is 1. The average Bonchev–Trinajstić information content (AvgIpc) is 2.59. The van der Waals surface area contributed by atoms with Gasteiger partial charge in [0, 0.05) is 6.07 Å². The minimum Gasteiger partial charge on any atom is -0.464 e. The van der Waals surface area contributed by atoms with Gasteiger partial charge in [-0.25, -0.2) is 9.18 Å². The van der Waals surface area contributed by atoms with Crippen LogP contribution in [0.5, 0.6) is 0 Å². The molecule has 72 valence electrons. The number of methoxy groups -OCH3 is 1. The summed E-state index contributed by atoms with van der Waals surface area (Å²) in [6, 6.07) is 2.79. The van der Waals surface area contributed by atoms with Gasteiger partial charge in [-0.2, -0.15) is 0 Å². The highest BCUT2D eigenvalue weighted by Gasteiger charge is 2.09. The van der Waals surface area contributed by atoms with Crippen molar-refractivity contribution in [1.82, 2.24) is 9.97 Å². The number of carbonyl (C=O) groups excluding carboxylic acids is 1. The molecule has 0 atom stereocenters. The maximum absolute atomic E-state index is 12.7. The molecule has 0 aliphatic carbocycles. The Balaban J connectivity index is 2.56. The van der Waals surface area contributed by atoms with Crippen LogP contribution in [0.15, 0.2) is 18.3 Å². The van der Waals surface area contributed by atoms with E-state index >= 15 is 0 Å². The fourth-order valence-electron chi connectivity index (χ4n) is 1.20. The predicted molar refractivity (Wildman–Crippen MR) is 47.4 cm³/mol. The maximum Gasteiger partial charge on any atom is 0.354 e. The molecule has 0 radical (unpaired) electrons. The predicted octanol–water partition coefficient (Wildman–Crippen LogP) is 1.49. The van der Waals surface area contributed by atoms with Crippen molar-refractivity contribution < 1.29 is 13.9 Å². The van der Waals surface area contributed by atoms with E-state index in [1.165, 1.54) is 19.2 Å². The molecule has 2 heterocycles. The van der Waals surface area contributed by atoms with Crippen LogP contribution in [0.3, 0.4) is 0 Å². The summed E-state index contributed by atoms with van der Waals surface area (Å²) in [7, 11) is 1.28. The number of nitrogens with one attached hydrogen (secondary N) is 1. The molecular formula is C9H7FN2O2. The second-order valence-electron chi connectivity index (χ2n) is 2.76. The fourth-order valence-corrected chi connectivity index (χ4v) is 1.20. The number of hydrogen-bond donors (Lipinski definition) is 1. The van der Waals surface area contributed by atoms with Crippen molar-refractivity contribution in [3.8, 4) is 0 Å². The summed E-state index contributed by atoms with van der Waals surface area (Å²) in [5.74, 6) is -0.945. The van der Waals surface area contributed by atoms with Gasteiger partial charge in [0.1, 0.15) is 11.5 Å². The first-order chi connectivity index (χ1) is 6.70. The lowest BCUT2D eigenvalue weighted by Gasteiger charge is -1.91. The molecule has 5 heteroatoms. The minimum atomic E-state index is -0.497. The van der Waals surface area contributed by atoms with E-state index in [2.05, 4.69) is 14.7 Å². The molecule has 0 aliphatic heterocycles. The second kappa shape index (κ2) is 3.10. The zero-order valence-corrected chi connectivity index (χ0v) is 7.37. The summed E-state index contributed by atoms with van der Waals surface area (Å²) in [4.78, 5) is 17.6. The number of halogens is 1. The SMILES string of the molecule is COC(=O)c1cc2ncc(F)cc2[nH]1. The Bertz CT molecular complexity index is 493. The first-order valence-corrected chi connectivity index (χ1v) is 3.93. The molecule has 0 aliphatic rings. The molecule has 2 aromatic rings. The highest BCUT2D eigenvalue weighted by Crippen LogP contribution is 2.14. The molecule has 0 unspecified atom stereocenters. The van der Waals surface area contributed by atoms with Crippen LogP contribution in [0.2, 0.25) is 0 Å². The van der Waals surface area contributed by atoms with E-state index in [9.17, 15) is 9.18 Å². The lowest BCUT2D eigenvalue weighted by Crippen LogP contribution is -2.00. The fraction of sp³-hybridized carbons (Fsp3) is 0.111. The number of H-pyrrole nitrogens is 1. The molecule has 14 heavy (non-hydrogen) atoms. The van der Waals surface area contributed by atoms with E-state index in [1.54, 1.807) is 0 Å². The second-order valence-corrected chi connectivity index (χ2v) is 2.76. The van der Waals surface area contributed by atoms with Crippen LogP contribution in [0.1, 0.15) is 10.5 Å². The first kappa shape index (κ1) is 8.68. The maximum atomic E-state index is 12.7. The van der Waals surface area contributed by atoms with Gasteiger partial charge in [0.25, 0.3) is 0 Å². The Hall–Kier alpha value is -1.91. The number of aromatic nitrogens is 2. The van der Waals surface area contributed by atoms with Crippen LogP contribution in [0.25, 0.3) is 11.0 Å². The molecular weight excluding hydrogens is 187 g/mol. The molecule has 2 aromatic heterocycles. The zero-order valence-electron chi connectivity index (χ0n) is 7.37. The van der Waals surface area contributed by atoms with Gasteiger partial charge in [-0.15, -0.1) is 0 Å². The van der Waals surface area contributed by atoms with Crippen molar-refractivity contribution in [3.05, 3.63) is 29.8 Å². The third-order valence-electron chi connectivity index (χ3n) is 1.84. The van der Waals surface area contributed by atoms with Crippen molar-refractivity contribution in [3.63, 3.8) is 0 Å². The third-order valence-corrected chi connectivity index (χ3v) is 1.84. The summed E-state index contributed by atoms with van der Waals surface area (Å²) in [6.45, 7) is 0. The lowest BCUT2D eigenvalue weighted by molar-refractivity contribution is 0.0595. The smallest absolute Gasteiger partial charge is 0.354 e. The van der Waals surface area contributed by atoms with Gasteiger partial charge in [-0.1, -0.05) is 0 Å². The standard InChI is InChI=1S/C9H7FN2O2/c1-14-9(13)8-3-6-7(12-8)2-5(10)4-11-6/h2-4,12H,1H3.